The molecule has 0 saturated carbocycles. The monoisotopic (exact) mass is 367 g/mol. The molecule has 1 aromatic rings. The summed E-state index contributed by atoms with van der Waals surface area (Å²) >= 11 is 0. The maximum absolute atomic E-state index is 13.1. The second-order valence-corrected chi connectivity index (χ2v) is 7.48. The third-order valence-electron chi connectivity index (χ3n) is 5.64. The molecule has 0 spiro atoms. The summed E-state index contributed by atoms with van der Waals surface area (Å²) in [7, 11) is 0. The van der Waals surface area contributed by atoms with Gasteiger partial charge in [0, 0.05) is 25.2 Å². The second-order valence-electron chi connectivity index (χ2n) is 7.48. The third kappa shape index (κ3) is 3.96. The Labute approximate surface area is 154 Å². The number of carbonyl (C=O) groups is 1. The number of nitrogens with one attached hydrogen (secondary N) is 1. The van der Waals surface area contributed by atoms with Crippen LogP contribution in [0.2, 0.25) is 0 Å². The Bertz CT molecular complexity index is 619. The quantitative estimate of drug-likeness (QED) is 0.658. The molecule has 0 unspecified atom stereocenters. The first-order chi connectivity index (χ1) is 11.4. The molecule has 3 rings (SSSR count). The topological polar surface area (TPSA) is 75.5 Å². The van der Waals surface area contributed by atoms with Crippen molar-refractivity contribution in [1.82, 2.24) is 10.2 Å². The molecule has 138 valence electrons. The van der Waals surface area contributed by atoms with Gasteiger partial charge in [0.2, 0.25) is 5.91 Å². The Morgan fingerprint density at radius 2 is 1.68 bits per heavy atom. The minimum Gasteiger partial charge on any atom is -0.342 e. The number of rotatable bonds is 3. The number of nitro benzene ring substituents is 1. The van der Waals surface area contributed by atoms with Gasteiger partial charge in [-0.2, -0.15) is 0 Å². The number of halogens is 1. The molecule has 1 N–H and O–H groups in total. The highest BCUT2D eigenvalue weighted by Crippen LogP contribution is 2.31. The lowest BCUT2D eigenvalue weighted by Gasteiger charge is -2.32. The fourth-order valence-electron chi connectivity index (χ4n) is 3.94. The van der Waals surface area contributed by atoms with Crippen LogP contribution in [0.5, 0.6) is 0 Å². The molecule has 1 amide bonds. The minimum atomic E-state index is -0.674. The van der Waals surface area contributed by atoms with Gasteiger partial charge in [-0.15, -0.1) is 12.4 Å². The highest BCUT2D eigenvalue weighted by molar-refractivity contribution is 5.87. The van der Waals surface area contributed by atoms with Gasteiger partial charge in [-0.25, -0.2) is 0 Å². The van der Waals surface area contributed by atoms with Gasteiger partial charge in [0.05, 0.1) is 10.3 Å². The van der Waals surface area contributed by atoms with Gasteiger partial charge < -0.3 is 10.2 Å². The highest BCUT2D eigenvalue weighted by atomic mass is 35.5. The average Bonchev–Trinajstić information content (AvgIpc) is 2.93. The van der Waals surface area contributed by atoms with Gasteiger partial charge in [0.1, 0.15) is 0 Å². The first-order valence-electron chi connectivity index (χ1n) is 8.64. The van der Waals surface area contributed by atoms with Gasteiger partial charge in [-0.1, -0.05) is 12.1 Å². The Kier molecular flexibility index (Phi) is 6.06. The smallest absolute Gasteiger partial charge is 0.269 e. The minimum absolute atomic E-state index is 0. The lowest BCUT2D eigenvalue weighted by molar-refractivity contribution is -0.384. The lowest BCUT2D eigenvalue weighted by atomic mass is 9.83. The van der Waals surface area contributed by atoms with Crippen molar-refractivity contribution >= 4 is 24.0 Å². The Morgan fingerprint density at radius 3 is 2.16 bits per heavy atom. The summed E-state index contributed by atoms with van der Waals surface area (Å²) in [5.74, 6) is 1.49. The van der Waals surface area contributed by atoms with Crippen molar-refractivity contribution in [2.75, 3.05) is 26.2 Å². The van der Waals surface area contributed by atoms with E-state index in [-0.39, 0.29) is 24.0 Å². The fourth-order valence-corrected chi connectivity index (χ4v) is 3.94. The summed E-state index contributed by atoms with van der Waals surface area (Å²) in [4.78, 5) is 25.5. The van der Waals surface area contributed by atoms with Gasteiger partial charge in [0.15, 0.2) is 0 Å². The molecule has 0 radical (unpaired) electrons. The molecule has 7 heteroatoms. The van der Waals surface area contributed by atoms with Gasteiger partial charge in [0.25, 0.3) is 5.69 Å². The number of non-ortho nitro benzene ring substituents is 1. The Balaban J connectivity index is 0.00000225. The van der Waals surface area contributed by atoms with Gasteiger partial charge in [-0.05, 0) is 57.2 Å². The van der Waals surface area contributed by atoms with Crippen molar-refractivity contribution in [3.05, 3.63) is 39.9 Å². The SMILES string of the molecule is CC(C)(C(=O)N1CC[C@@H]2CNC[C@@H]2CC1)c1ccc([N+](=O)[O-])cc1.Cl. The largest absolute Gasteiger partial charge is 0.342 e. The van der Waals surface area contributed by atoms with Gasteiger partial charge in [-0.3, -0.25) is 14.9 Å². The number of carbonyl (C=O) groups excluding carboxylic acids is 1. The standard InChI is InChI=1S/C18H25N3O3.ClH/c1-18(2,15-3-5-16(6-4-15)21(23)24)17(22)20-9-7-13-11-19-12-14(13)8-10-20;/h3-6,13-14,19H,7-12H2,1-2H3;1H/t13-,14+;. The molecule has 2 aliphatic heterocycles. The number of hydrogen-bond acceptors (Lipinski definition) is 4. The van der Waals surface area contributed by atoms with Crippen LogP contribution in [0.15, 0.2) is 24.3 Å². The van der Waals surface area contributed by atoms with Crippen molar-refractivity contribution < 1.29 is 9.72 Å². The zero-order valence-corrected chi connectivity index (χ0v) is 15.6. The van der Waals surface area contributed by atoms with Crippen molar-refractivity contribution in [3.63, 3.8) is 0 Å². The number of hydrogen-bond donors (Lipinski definition) is 1. The number of nitrogens with zero attached hydrogens (tertiary/aromatic N) is 2. The van der Waals surface area contributed by atoms with E-state index < -0.39 is 10.3 Å². The van der Waals surface area contributed by atoms with Crippen molar-refractivity contribution in [2.24, 2.45) is 11.8 Å². The van der Waals surface area contributed by atoms with Crippen LogP contribution in [-0.4, -0.2) is 41.9 Å². The molecule has 6 nitrogen and oxygen atoms in total. The molecular weight excluding hydrogens is 342 g/mol. The third-order valence-corrected chi connectivity index (χ3v) is 5.64. The molecule has 2 heterocycles. The number of likely N-dealkylation sites (tertiary alicyclic amines) is 1. The molecule has 2 atom stereocenters. The average molecular weight is 368 g/mol. The summed E-state index contributed by atoms with van der Waals surface area (Å²) in [6, 6.07) is 6.35. The second kappa shape index (κ2) is 7.70. The number of fused-ring (bicyclic) bond motifs is 1. The van der Waals surface area contributed by atoms with Crippen LogP contribution < -0.4 is 5.32 Å². The Morgan fingerprint density at radius 1 is 1.16 bits per heavy atom. The van der Waals surface area contributed by atoms with E-state index in [0.717, 1.165) is 44.6 Å². The summed E-state index contributed by atoms with van der Waals surface area (Å²) in [5.41, 5.74) is 0.202. The van der Waals surface area contributed by atoms with E-state index in [1.165, 1.54) is 12.1 Å². The molecule has 0 aliphatic carbocycles. The van der Waals surface area contributed by atoms with E-state index in [2.05, 4.69) is 5.32 Å². The van der Waals surface area contributed by atoms with Crippen molar-refractivity contribution in [1.29, 1.82) is 0 Å². The maximum Gasteiger partial charge on any atom is 0.269 e. The van der Waals surface area contributed by atoms with Crippen LogP contribution in [0.4, 0.5) is 5.69 Å². The fraction of sp³-hybridized carbons (Fsp3) is 0.611. The molecule has 2 saturated heterocycles. The van der Waals surface area contributed by atoms with Crippen LogP contribution >= 0.6 is 12.4 Å². The summed E-state index contributed by atoms with van der Waals surface area (Å²) in [6.07, 6.45) is 2.11. The zero-order valence-electron chi connectivity index (χ0n) is 14.7. The molecule has 2 fully saturated rings. The van der Waals surface area contributed by atoms with Crippen LogP contribution in [0.3, 0.4) is 0 Å². The van der Waals surface area contributed by atoms with Crippen molar-refractivity contribution in [2.45, 2.75) is 32.1 Å². The van der Waals surface area contributed by atoms with E-state index in [9.17, 15) is 14.9 Å². The number of benzene rings is 1. The maximum atomic E-state index is 13.1. The van der Waals surface area contributed by atoms with Crippen LogP contribution in [0, 0.1) is 22.0 Å². The lowest BCUT2D eigenvalue weighted by Crippen LogP contribution is -2.44. The summed E-state index contributed by atoms with van der Waals surface area (Å²) in [5, 5.41) is 14.3. The van der Waals surface area contributed by atoms with E-state index >= 15 is 0 Å². The summed E-state index contributed by atoms with van der Waals surface area (Å²) < 4.78 is 0. The molecule has 0 bridgehead atoms. The molecule has 2 aliphatic rings. The molecular formula is C18H26ClN3O3. The van der Waals surface area contributed by atoms with Crippen LogP contribution in [0.25, 0.3) is 0 Å². The van der Waals surface area contributed by atoms with Crippen LogP contribution in [0.1, 0.15) is 32.3 Å². The number of amides is 1. The molecule has 1 aromatic carbocycles. The zero-order chi connectivity index (χ0) is 17.3. The van der Waals surface area contributed by atoms with E-state index in [1.807, 2.05) is 18.7 Å². The van der Waals surface area contributed by atoms with E-state index in [4.69, 9.17) is 0 Å². The van der Waals surface area contributed by atoms with E-state index in [1.54, 1.807) is 12.1 Å². The Hall–Kier alpha value is -1.66. The molecule has 25 heavy (non-hydrogen) atoms. The van der Waals surface area contributed by atoms with Crippen molar-refractivity contribution in [3.8, 4) is 0 Å². The molecule has 0 aromatic heterocycles. The highest BCUT2D eigenvalue weighted by Gasteiger charge is 2.37. The van der Waals surface area contributed by atoms with E-state index in [0.29, 0.717) is 11.8 Å². The first kappa shape index (κ1) is 19.7. The van der Waals surface area contributed by atoms with Crippen LogP contribution in [-0.2, 0) is 10.2 Å². The normalized spacial score (nSPS) is 23.4. The predicted octanol–water partition coefficient (Wildman–Crippen LogP) is 2.75. The van der Waals surface area contributed by atoms with Gasteiger partial charge >= 0.3 is 0 Å². The predicted molar refractivity (Wildman–Crippen MR) is 99.0 cm³/mol. The number of nitro groups is 1. The summed E-state index contributed by atoms with van der Waals surface area (Å²) in [6.45, 7) is 7.56. The first-order valence-corrected chi connectivity index (χ1v) is 8.64.